The molecule has 228 valence electrons. The Balaban J connectivity index is 1.38. The first kappa shape index (κ1) is 31.8. The van der Waals surface area contributed by atoms with Crippen molar-refractivity contribution < 1.29 is 40.7 Å². The lowest BCUT2D eigenvalue weighted by Crippen LogP contribution is -2.55. The number of rotatable bonds is 9. The van der Waals surface area contributed by atoms with Crippen LogP contribution < -0.4 is 14.8 Å². The van der Waals surface area contributed by atoms with Crippen LogP contribution in [-0.4, -0.2) is 74.8 Å². The zero-order chi connectivity index (χ0) is 30.7. The fourth-order valence-electron chi connectivity index (χ4n) is 4.79. The van der Waals surface area contributed by atoms with E-state index < -0.39 is 51.6 Å². The number of halogens is 4. The van der Waals surface area contributed by atoms with E-state index >= 15 is 0 Å². The number of hydrogen-bond donors (Lipinski definition) is 2. The van der Waals surface area contributed by atoms with E-state index in [-0.39, 0.29) is 43.9 Å². The zero-order valence-corrected chi connectivity index (χ0v) is 24.7. The van der Waals surface area contributed by atoms with Crippen molar-refractivity contribution in [2.75, 3.05) is 32.1 Å². The third kappa shape index (κ3) is 8.02. The van der Waals surface area contributed by atoms with Gasteiger partial charge < -0.3 is 19.9 Å². The summed E-state index contributed by atoms with van der Waals surface area (Å²) in [5, 5.41) is 3.39. The average molecular weight is 649 g/mol. The number of ether oxygens (including phenoxy) is 1. The van der Waals surface area contributed by atoms with Crippen LogP contribution in [0.25, 0.3) is 6.08 Å². The fraction of sp³-hybridized carbons (Fsp3) is 0.423. The van der Waals surface area contributed by atoms with Crippen molar-refractivity contribution in [3.63, 3.8) is 0 Å². The van der Waals surface area contributed by atoms with E-state index in [2.05, 4.69) is 10.0 Å². The van der Waals surface area contributed by atoms with Crippen LogP contribution in [0.2, 0.25) is 4.34 Å². The number of benzene rings is 1. The predicted molar refractivity (Wildman–Crippen MR) is 151 cm³/mol. The van der Waals surface area contributed by atoms with Gasteiger partial charge in [0.1, 0.15) is 17.8 Å². The maximum Gasteiger partial charge on any atom is 0.416 e. The summed E-state index contributed by atoms with van der Waals surface area (Å²) in [6.45, 7) is 0.0707. The van der Waals surface area contributed by atoms with Crippen LogP contribution in [0, 0.1) is 0 Å². The number of anilines is 1. The summed E-state index contributed by atoms with van der Waals surface area (Å²) in [6, 6.07) is 4.08. The Morgan fingerprint density at radius 2 is 1.90 bits per heavy atom. The molecule has 4 rings (SSSR count). The molecule has 0 unspecified atom stereocenters. The maximum absolute atomic E-state index is 13.3. The minimum absolute atomic E-state index is 0.0975. The smallest absolute Gasteiger partial charge is 0.416 e. The lowest BCUT2D eigenvalue weighted by molar-refractivity contribution is -0.144. The van der Waals surface area contributed by atoms with Crippen LogP contribution in [0.1, 0.15) is 36.1 Å². The average Bonchev–Trinajstić information content (AvgIpc) is 3.58. The minimum Gasteiger partial charge on any atom is -0.497 e. The highest BCUT2D eigenvalue weighted by molar-refractivity contribution is 7.92. The van der Waals surface area contributed by atoms with Crippen LogP contribution in [0.5, 0.6) is 5.75 Å². The predicted octanol–water partition coefficient (Wildman–Crippen LogP) is 3.94. The Labute approximate surface area is 249 Å². The van der Waals surface area contributed by atoms with Gasteiger partial charge in [0, 0.05) is 35.1 Å². The van der Waals surface area contributed by atoms with Crippen LogP contribution in [0.15, 0.2) is 35.7 Å². The molecule has 1 aromatic carbocycles. The van der Waals surface area contributed by atoms with Gasteiger partial charge in [0.25, 0.3) is 0 Å². The molecule has 0 saturated carbocycles. The first-order chi connectivity index (χ1) is 19.8. The van der Waals surface area contributed by atoms with Gasteiger partial charge in [-0.15, -0.1) is 11.3 Å². The number of thiophene rings is 1. The molecule has 0 aliphatic carbocycles. The molecule has 42 heavy (non-hydrogen) atoms. The normalized spacial score (nSPS) is 19.9. The van der Waals surface area contributed by atoms with Gasteiger partial charge in [-0.05, 0) is 56.0 Å². The Hall–Kier alpha value is -3.14. The number of sulfonamides is 1. The molecular weight excluding hydrogens is 621 g/mol. The number of nitrogens with zero attached hydrogens (tertiary/aromatic N) is 2. The van der Waals surface area contributed by atoms with Gasteiger partial charge in [-0.1, -0.05) is 11.6 Å². The molecular formula is C26H28ClF3N4O6S2. The van der Waals surface area contributed by atoms with Crippen molar-refractivity contribution in [2.24, 2.45) is 0 Å². The Morgan fingerprint density at radius 3 is 2.57 bits per heavy atom. The van der Waals surface area contributed by atoms with E-state index in [1.54, 1.807) is 12.1 Å². The molecule has 0 bridgehead atoms. The zero-order valence-electron chi connectivity index (χ0n) is 22.3. The summed E-state index contributed by atoms with van der Waals surface area (Å²) >= 11 is 7.05. The summed E-state index contributed by atoms with van der Waals surface area (Å²) in [5.74, 6) is -1.86. The molecule has 2 aromatic rings. The SMILES string of the molecule is COc1cc(NC(=O)[C@@H]2CCCN2C(=O)CN2CCC[C@H](NS(=O)(=O)C=Cc3ccc(Cl)s3)C2=O)cc(C(F)(F)F)c1. The molecule has 16 heteroatoms. The van der Waals surface area contributed by atoms with Crippen molar-refractivity contribution in [1.82, 2.24) is 14.5 Å². The van der Waals surface area contributed by atoms with Gasteiger partial charge >= 0.3 is 6.18 Å². The first-order valence-electron chi connectivity index (χ1n) is 12.9. The van der Waals surface area contributed by atoms with Crippen molar-refractivity contribution in [3.05, 3.63) is 50.5 Å². The number of amides is 3. The number of carbonyl (C=O) groups is 3. The van der Waals surface area contributed by atoms with Gasteiger partial charge in [0.2, 0.25) is 27.7 Å². The second-order valence-corrected chi connectivity index (χ2v) is 13.1. The number of carbonyl (C=O) groups excluding carboxylic acids is 3. The molecule has 3 heterocycles. The van der Waals surface area contributed by atoms with E-state index in [1.165, 1.54) is 40.4 Å². The highest BCUT2D eigenvalue weighted by Gasteiger charge is 2.38. The van der Waals surface area contributed by atoms with Crippen LogP contribution >= 0.6 is 22.9 Å². The van der Waals surface area contributed by atoms with Crippen LogP contribution in [-0.2, 0) is 30.6 Å². The molecule has 0 radical (unpaired) electrons. The quantitative estimate of drug-likeness (QED) is 0.425. The van der Waals surface area contributed by atoms with Gasteiger partial charge in [-0.3, -0.25) is 14.4 Å². The summed E-state index contributed by atoms with van der Waals surface area (Å²) in [5.41, 5.74) is -1.14. The van der Waals surface area contributed by atoms with E-state index in [4.69, 9.17) is 16.3 Å². The standard InChI is InChI=1S/C26H28ClF3N4O6S2/c1-40-18-13-16(26(28,29)30)12-17(14-18)31-24(36)21-5-3-10-34(21)23(35)15-33-9-2-4-20(25(33)37)32-42(38,39)11-8-19-6-7-22(27)41-19/h6-8,11-14,20-21,32H,2-5,9-10,15H2,1H3,(H,31,36)/t20-,21-/m0/s1. The van der Waals surface area contributed by atoms with Gasteiger partial charge in [-0.25, -0.2) is 8.42 Å². The first-order valence-corrected chi connectivity index (χ1v) is 15.6. The summed E-state index contributed by atoms with van der Waals surface area (Å²) in [7, 11) is -2.78. The molecule has 10 nitrogen and oxygen atoms in total. The summed E-state index contributed by atoms with van der Waals surface area (Å²) < 4.78 is 72.7. The molecule has 2 atom stereocenters. The van der Waals surface area contributed by atoms with Crippen molar-refractivity contribution in [1.29, 1.82) is 0 Å². The molecule has 0 spiro atoms. The third-order valence-corrected chi connectivity index (χ3v) is 9.09. The molecule has 2 aliphatic heterocycles. The van der Waals surface area contributed by atoms with Gasteiger partial charge in [0.15, 0.2) is 0 Å². The van der Waals surface area contributed by atoms with Crippen LogP contribution in [0.4, 0.5) is 18.9 Å². The second-order valence-electron chi connectivity index (χ2n) is 9.74. The third-order valence-electron chi connectivity index (χ3n) is 6.78. The number of hydrogen-bond acceptors (Lipinski definition) is 7. The molecule has 1 aromatic heterocycles. The van der Waals surface area contributed by atoms with Crippen molar-refractivity contribution in [3.8, 4) is 5.75 Å². The van der Waals surface area contributed by atoms with E-state index in [0.717, 1.165) is 17.5 Å². The number of likely N-dealkylation sites (tertiary alicyclic amines) is 2. The number of alkyl halides is 3. The van der Waals surface area contributed by atoms with E-state index in [0.29, 0.717) is 22.1 Å². The minimum atomic E-state index is -4.66. The van der Waals surface area contributed by atoms with Crippen molar-refractivity contribution >= 4 is 62.4 Å². The Kier molecular flexibility index (Phi) is 9.85. The lowest BCUT2D eigenvalue weighted by Gasteiger charge is -2.33. The molecule has 2 fully saturated rings. The molecule has 2 saturated heterocycles. The topological polar surface area (TPSA) is 125 Å². The molecule has 2 aliphatic rings. The van der Waals surface area contributed by atoms with E-state index in [1.807, 2.05) is 0 Å². The lowest BCUT2D eigenvalue weighted by atomic mass is 10.1. The number of methoxy groups -OCH3 is 1. The summed E-state index contributed by atoms with van der Waals surface area (Å²) in [6.07, 6.45) is -1.85. The van der Waals surface area contributed by atoms with Crippen LogP contribution in [0.3, 0.4) is 0 Å². The highest BCUT2D eigenvalue weighted by Crippen LogP contribution is 2.34. The second kappa shape index (κ2) is 13.0. The largest absolute Gasteiger partial charge is 0.497 e. The number of piperidine rings is 1. The fourth-order valence-corrected chi connectivity index (χ4v) is 6.86. The Morgan fingerprint density at radius 1 is 1.17 bits per heavy atom. The molecule has 3 amide bonds. The summed E-state index contributed by atoms with van der Waals surface area (Å²) in [4.78, 5) is 42.4. The molecule has 2 N–H and O–H groups in total. The maximum atomic E-state index is 13.3. The number of nitrogens with one attached hydrogen (secondary N) is 2. The van der Waals surface area contributed by atoms with Gasteiger partial charge in [0.05, 0.1) is 23.6 Å². The van der Waals surface area contributed by atoms with Crippen molar-refractivity contribution in [2.45, 2.75) is 43.9 Å². The Bertz CT molecular complexity index is 1480. The van der Waals surface area contributed by atoms with Gasteiger partial charge in [-0.2, -0.15) is 17.9 Å². The van der Waals surface area contributed by atoms with E-state index in [9.17, 15) is 36.0 Å². The monoisotopic (exact) mass is 648 g/mol. The highest BCUT2D eigenvalue weighted by atomic mass is 35.5.